The van der Waals surface area contributed by atoms with Crippen LogP contribution in [0.4, 0.5) is 4.39 Å². The van der Waals surface area contributed by atoms with Crippen molar-refractivity contribution in [1.82, 2.24) is 10.9 Å². The fraction of sp³-hybridized carbons (Fsp3) is 0.500. The molecule has 2 saturated carbocycles. The number of carbonyl (C=O) groups excluding carboxylic acids is 2. The highest BCUT2D eigenvalue weighted by atomic mass is 19.1. The molecule has 2 aliphatic rings. The van der Waals surface area contributed by atoms with Gasteiger partial charge in [-0.1, -0.05) is 18.6 Å². The van der Waals surface area contributed by atoms with Gasteiger partial charge in [-0.3, -0.25) is 20.4 Å². The molecule has 2 amide bonds. The predicted molar refractivity (Wildman–Crippen MR) is 75.6 cm³/mol. The van der Waals surface area contributed by atoms with E-state index < -0.39 is 11.7 Å². The molecule has 0 saturated heterocycles. The first kappa shape index (κ1) is 14.0. The number of hydrogen-bond acceptors (Lipinski definition) is 2. The molecule has 21 heavy (non-hydrogen) atoms. The molecule has 0 unspecified atom stereocenters. The van der Waals surface area contributed by atoms with E-state index in [2.05, 4.69) is 10.9 Å². The highest BCUT2D eigenvalue weighted by molar-refractivity contribution is 5.95. The molecular weight excluding hydrogens is 271 g/mol. The van der Waals surface area contributed by atoms with Crippen LogP contribution in [0.1, 0.15) is 42.5 Å². The topological polar surface area (TPSA) is 58.2 Å². The van der Waals surface area contributed by atoms with Crippen molar-refractivity contribution in [2.75, 3.05) is 0 Å². The minimum Gasteiger partial charge on any atom is -0.273 e. The number of amides is 2. The van der Waals surface area contributed by atoms with Crippen LogP contribution in [0.3, 0.4) is 0 Å². The average molecular weight is 290 g/mol. The van der Waals surface area contributed by atoms with E-state index in [0.717, 1.165) is 12.3 Å². The Morgan fingerprint density at radius 3 is 2.62 bits per heavy atom. The van der Waals surface area contributed by atoms with Gasteiger partial charge in [-0.05, 0) is 49.1 Å². The smallest absolute Gasteiger partial charge is 0.272 e. The Kier molecular flexibility index (Phi) is 3.90. The number of halogens is 1. The van der Waals surface area contributed by atoms with Gasteiger partial charge in [0.2, 0.25) is 5.91 Å². The van der Waals surface area contributed by atoms with E-state index in [-0.39, 0.29) is 11.5 Å². The summed E-state index contributed by atoms with van der Waals surface area (Å²) in [4.78, 5) is 23.6. The van der Waals surface area contributed by atoms with Crippen molar-refractivity contribution in [2.45, 2.75) is 32.1 Å². The van der Waals surface area contributed by atoms with Crippen LogP contribution in [0, 0.1) is 23.6 Å². The molecule has 112 valence electrons. The van der Waals surface area contributed by atoms with Crippen molar-refractivity contribution < 1.29 is 14.0 Å². The Labute approximate surface area is 123 Å². The lowest BCUT2D eigenvalue weighted by Gasteiger charge is -2.20. The molecule has 1 aromatic rings. The SMILES string of the molecule is O=C(C[C@@H]1C[C@@H]2CC[C@@H]1C2)NNC(=O)c1ccccc1F. The summed E-state index contributed by atoms with van der Waals surface area (Å²) in [7, 11) is 0. The quantitative estimate of drug-likeness (QED) is 0.840. The minimum absolute atomic E-state index is 0.0716. The highest BCUT2D eigenvalue weighted by Gasteiger charge is 2.40. The maximum absolute atomic E-state index is 13.4. The number of nitrogens with one attached hydrogen (secondary N) is 2. The number of rotatable bonds is 3. The molecule has 0 aliphatic heterocycles. The molecule has 0 aromatic heterocycles. The second kappa shape index (κ2) is 5.84. The Balaban J connectivity index is 1.48. The molecule has 0 radical (unpaired) electrons. The number of benzene rings is 1. The van der Waals surface area contributed by atoms with Gasteiger partial charge in [0.05, 0.1) is 5.56 Å². The standard InChI is InChI=1S/C16H19FN2O2/c17-14-4-2-1-3-13(14)16(21)19-18-15(20)9-12-8-10-5-6-11(12)7-10/h1-4,10-12H,5-9H2,(H,18,20)(H,19,21)/t10-,11-,12+/m1/s1. The van der Waals surface area contributed by atoms with Crippen LogP contribution in [0.15, 0.2) is 24.3 Å². The van der Waals surface area contributed by atoms with Gasteiger partial charge < -0.3 is 0 Å². The fourth-order valence-electron chi connectivity index (χ4n) is 3.75. The summed E-state index contributed by atoms with van der Waals surface area (Å²) in [6.07, 6.45) is 5.34. The molecular formula is C16H19FN2O2. The second-order valence-corrected chi connectivity index (χ2v) is 6.12. The van der Waals surface area contributed by atoms with E-state index in [1.54, 1.807) is 6.07 Å². The third kappa shape index (κ3) is 3.06. The van der Waals surface area contributed by atoms with Gasteiger partial charge in [0.25, 0.3) is 5.91 Å². The molecule has 2 aliphatic carbocycles. The van der Waals surface area contributed by atoms with Crippen molar-refractivity contribution in [3.05, 3.63) is 35.6 Å². The molecule has 2 fully saturated rings. The van der Waals surface area contributed by atoms with E-state index in [4.69, 9.17) is 0 Å². The van der Waals surface area contributed by atoms with Crippen LogP contribution in [-0.2, 0) is 4.79 Å². The van der Waals surface area contributed by atoms with Gasteiger partial charge in [0.15, 0.2) is 0 Å². The van der Waals surface area contributed by atoms with Crippen molar-refractivity contribution in [1.29, 1.82) is 0 Å². The zero-order chi connectivity index (χ0) is 14.8. The van der Waals surface area contributed by atoms with Gasteiger partial charge in [0, 0.05) is 6.42 Å². The first-order chi connectivity index (χ1) is 10.1. The van der Waals surface area contributed by atoms with Crippen molar-refractivity contribution in [2.24, 2.45) is 17.8 Å². The van der Waals surface area contributed by atoms with Crippen LogP contribution >= 0.6 is 0 Å². The third-order valence-corrected chi connectivity index (χ3v) is 4.77. The summed E-state index contributed by atoms with van der Waals surface area (Å²) in [5.74, 6) is 0.474. The molecule has 0 spiro atoms. The zero-order valence-electron chi connectivity index (χ0n) is 11.8. The molecule has 0 heterocycles. The second-order valence-electron chi connectivity index (χ2n) is 6.12. The van der Waals surface area contributed by atoms with E-state index in [1.165, 1.54) is 37.5 Å². The maximum atomic E-state index is 13.4. The summed E-state index contributed by atoms with van der Waals surface area (Å²) in [6.45, 7) is 0. The van der Waals surface area contributed by atoms with Crippen molar-refractivity contribution in [3.8, 4) is 0 Å². The number of hydrazine groups is 1. The Morgan fingerprint density at radius 1 is 1.14 bits per heavy atom. The van der Waals surface area contributed by atoms with E-state index in [1.807, 2.05) is 0 Å². The number of carbonyl (C=O) groups is 2. The van der Waals surface area contributed by atoms with Crippen LogP contribution in [0.25, 0.3) is 0 Å². The number of hydrogen-bond donors (Lipinski definition) is 2. The van der Waals surface area contributed by atoms with Gasteiger partial charge in [-0.25, -0.2) is 4.39 Å². The van der Waals surface area contributed by atoms with Gasteiger partial charge in [-0.2, -0.15) is 0 Å². The summed E-state index contributed by atoms with van der Waals surface area (Å²) in [6, 6.07) is 5.69. The van der Waals surface area contributed by atoms with Gasteiger partial charge in [0.1, 0.15) is 5.82 Å². The van der Waals surface area contributed by atoms with Crippen LogP contribution < -0.4 is 10.9 Å². The molecule has 5 heteroatoms. The lowest BCUT2D eigenvalue weighted by Crippen LogP contribution is -2.42. The Morgan fingerprint density at radius 2 is 1.95 bits per heavy atom. The molecule has 4 nitrogen and oxygen atoms in total. The summed E-state index contributed by atoms with van der Waals surface area (Å²) in [5, 5.41) is 0. The van der Waals surface area contributed by atoms with Gasteiger partial charge >= 0.3 is 0 Å². The normalized spacial score (nSPS) is 26.6. The lowest BCUT2D eigenvalue weighted by molar-refractivity contribution is -0.123. The Bertz CT molecular complexity index is 561. The minimum atomic E-state index is -0.630. The first-order valence-electron chi connectivity index (χ1n) is 7.47. The summed E-state index contributed by atoms with van der Waals surface area (Å²) in [5.41, 5.74) is 4.60. The van der Waals surface area contributed by atoms with Crippen LogP contribution in [-0.4, -0.2) is 11.8 Å². The van der Waals surface area contributed by atoms with E-state index in [0.29, 0.717) is 18.3 Å². The molecule has 2 N–H and O–H groups in total. The highest BCUT2D eigenvalue weighted by Crippen LogP contribution is 2.49. The zero-order valence-corrected chi connectivity index (χ0v) is 11.8. The average Bonchev–Trinajstić information content (AvgIpc) is 3.08. The Hall–Kier alpha value is -1.91. The lowest BCUT2D eigenvalue weighted by atomic mass is 9.86. The van der Waals surface area contributed by atoms with Crippen LogP contribution in [0.2, 0.25) is 0 Å². The fourth-order valence-corrected chi connectivity index (χ4v) is 3.75. The van der Waals surface area contributed by atoms with Gasteiger partial charge in [-0.15, -0.1) is 0 Å². The van der Waals surface area contributed by atoms with E-state index in [9.17, 15) is 14.0 Å². The van der Waals surface area contributed by atoms with Crippen molar-refractivity contribution in [3.63, 3.8) is 0 Å². The van der Waals surface area contributed by atoms with Crippen LogP contribution in [0.5, 0.6) is 0 Å². The molecule has 3 atom stereocenters. The predicted octanol–water partition coefficient (Wildman–Crippen LogP) is 2.41. The summed E-state index contributed by atoms with van der Waals surface area (Å²) < 4.78 is 13.4. The maximum Gasteiger partial charge on any atom is 0.272 e. The monoisotopic (exact) mass is 290 g/mol. The molecule has 3 rings (SSSR count). The molecule has 2 bridgehead atoms. The number of fused-ring (bicyclic) bond motifs is 2. The van der Waals surface area contributed by atoms with E-state index >= 15 is 0 Å². The largest absolute Gasteiger partial charge is 0.273 e. The first-order valence-corrected chi connectivity index (χ1v) is 7.47. The summed E-state index contributed by atoms with van der Waals surface area (Å²) >= 11 is 0. The van der Waals surface area contributed by atoms with Crippen molar-refractivity contribution >= 4 is 11.8 Å². The third-order valence-electron chi connectivity index (χ3n) is 4.77. The molecule has 1 aromatic carbocycles.